The summed E-state index contributed by atoms with van der Waals surface area (Å²) in [7, 11) is 2.00. The molecule has 2 fully saturated rings. The zero-order valence-electron chi connectivity index (χ0n) is 22.0. The van der Waals surface area contributed by atoms with E-state index in [-0.39, 0.29) is 11.8 Å². The number of carbonyl (C=O) groups is 3. The van der Waals surface area contributed by atoms with Crippen LogP contribution in [0.5, 0.6) is 0 Å². The van der Waals surface area contributed by atoms with Crippen molar-refractivity contribution in [1.29, 1.82) is 0 Å². The molecule has 2 aliphatic rings. The van der Waals surface area contributed by atoms with E-state index in [0.29, 0.717) is 43.9 Å². The van der Waals surface area contributed by atoms with E-state index in [1.54, 1.807) is 0 Å². The molecule has 2 aliphatic heterocycles. The second-order valence-electron chi connectivity index (χ2n) is 10.3. The number of likely N-dealkylation sites (tertiary alicyclic amines) is 2. The monoisotopic (exact) mass is 556 g/mol. The summed E-state index contributed by atoms with van der Waals surface area (Å²) in [5.74, 6) is -2.42. The Morgan fingerprint density at radius 2 is 1.79 bits per heavy atom. The second-order valence-corrected chi connectivity index (χ2v) is 11.4. The van der Waals surface area contributed by atoms with Crippen molar-refractivity contribution in [3.05, 3.63) is 35.9 Å². The molecule has 3 rings (SSSR count). The van der Waals surface area contributed by atoms with Crippen LogP contribution >= 0.6 is 11.8 Å². The van der Waals surface area contributed by atoms with Crippen molar-refractivity contribution >= 4 is 29.4 Å². The van der Waals surface area contributed by atoms with Crippen molar-refractivity contribution in [1.82, 2.24) is 20.4 Å². The zero-order valence-corrected chi connectivity index (χ0v) is 22.8. The van der Waals surface area contributed by atoms with Crippen LogP contribution in [-0.2, 0) is 14.4 Å². The van der Waals surface area contributed by atoms with Crippen LogP contribution in [0.2, 0.25) is 0 Å². The number of hydrogen-bond donors (Lipinski definition) is 2. The topological polar surface area (TPSA) is 81.8 Å². The maximum absolute atomic E-state index is 13.0. The van der Waals surface area contributed by atoms with Crippen molar-refractivity contribution in [2.45, 2.75) is 50.2 Å². The predicted molar refractivity (Wildman–Crippen MR) is 143 cm³/mol. The van der Waals surface area contributed by atoms with E-state index >= 15 is 0 Å². The number of Topliss-reactive ketones (excluding diaryl/α,β-unsaturated/α-hetero) is 1. The average Bonchev–Trinajstić information content (AvgIpc) is 3.36. The van der Waals surface area contributed by atoms with Crippen LogP contribution in [0.1, 0.15) is 43.6 Å². The number of rotatable bonds is 13. The Hall–Kier alpha value is -1.95. The van der Waals surface area contributed by atoms with Gasteiger partial charge in [-0.25, -0.2) is 0 Å². The van der Waals surface area contributed by atoms with Crippen molar-refractivity contribution in [3.63, 3.8) is 0 Å². The highest BCUT2D eigenvalue weighted by Gasteiger charge is 2.37. The van der Waals surface area contributed by atoms with Crippen LogP contribution in [0, 0.1) is 5.92 Å². The average molecular weight is 557 g/mol. The van der Waals surface area contributed by atoms with Gasteiger partial charge in [-0.15, -0.1) is 0 Å². The number of halogens is 3. The van der Waals surface area contributed by atoms with Crippen LogP contribution in [0.4, 0.5) is 13.2 Å². The lowest BCUT2D eigenvalue weighted by Gasteiger charge is -2.28. The van der Waals surface area contributed by atoms with Gasteiger partial charge in [-0.1, -0.05) is 30.3 Å². The number of piperidine rings is 1. The van der Waals surface area contributed by atoms with E-state index in [1.165, 1.54) is 5.56 Å². The molecule has 2 amide bonds. The fraction of sp³-hybridized carbons (Fsp3) is 0.667. The van der Waals surface area contributed by atoms with E-state index in [1.807, 2.05) is 25.2 Å². The Bertz CT molecular complexity index is 911. The van der Waals surface area contributed by atoms with Gasteiger partial charge in [0.15, 0.2) is 0 Å². The van der Waals surface area contributed by atoms with Crippen LogP contribution in [0.25, 0.3) is 0 Å². The summed E-state index contributed by atoms with van der Waals surface area (Å²) in [6.45, 7) is 4.84. The molecule has 0 aromatic heterocycles. The quantitative estimate of drug-likeness (QED) is 0.362. The largest absolute Gasteiger partial charge is 0.450 e. The first-order chi connectivity index (χ1) is 18.1. The Morgan fingerprint density at radius 3 is 2.47 bits per heavy atom. The van der Waals surface area contributed by atoms with Gasteiger partial charge in [-0.05, 0) is 76.0 Å². The Kier molecular flexibility index (Phi) is 12.1. The molecule has 2 N–H and O–H groups in total. The lowest BCUT2D eigenvalue weighted by Crippen LogP contribution is -2.50. The molecule has 1 unspecified atom stereocenters. The van der Waals surface area contributed by atoms with Crippen LogP contribution in [-0.4, -0.2) is 97.4 Å². The Labute approximate surface area is 227 Å². The SMILES string of the molecule is CN1CCC(C(=O)NC(=O)[C@H](CCCSCC(=O)C(F)(F)F)NCCN2CCC(c3ccccc3)C2)CC1. The highest BCUT2D eigenvalue weighted by molar-refractivity contribution is 7.99. The summed E-state index contributed by atoms with van der Waals surface area (Å²) in [6, 6.07) is 9.77. The molecule has 1 aromatic rings. The smallest absolute Gasteiger partial charge is 0.306 e. The highest BCUT2D eigenvalue weighted by Crippen LogP contribution is 2.26. The Balaban J connectivity index is 1.46. The lowest BCUT2D eigenvalue weighted by atomic mass is 9.96. The number of carbonyl (C=O) groups excluding carboxylic acids is 3. The number of hydrogen-bond acceptors (Lipinski definition) is 7. The molecule has 0 aliphatic carbocycles. The van der Waals surface area contributed by atoms with Gasteiger partial charge < -0.3 is 15.1 Å². The number of nitrogens with zero attached hydrogens (tertiary/aromatic N) is 2. The molecule has 11 heteroatoms. The summed E-state index contributed by atoms with van der Waals surface area (Å²) in [6.07, 6.45) is -1.52. The number of imide groups is 1. The molecule has 212 valence electrons. The van der Waals surface area contributed by atoms with E-state index in [9.17, 15) is 27.6 Å². The standard InChI is InChI=1S/C27H39F3N4O3S/c1-33-13-9-21(10-14-33)25(36)32-26(37)23(8-5-17-38-19-24(35)27(28,29)30)31-12-16-34-15-11-22(18-34)20-6-3-2-4-7-20/h2-4,6-7,21-23,31H,5,8-19H2,1H3,(H,32,36,37)/t22?,23-/m0/s1. The molecule has 0 radical (unpaired) electrons. The van der Waals surface area contributed by atoms with E-state index in [4.69, 9.17) is 0 Å². The molecular formula is C27H39F3N4O3S. The zero-order chi connectivity index (χ0) is 27.5. The van der Waals surface area contributed by atoms with Crippen LogP contribution in [0.3, 0.4) is 0 Å². The minimum absolute atomic E-state index is 0.195. The van der Waals surface area contributed by atoms with Gasteiger partial charge in [0.2, 0.25) is 17.6 Å². The van der Waals surface area contributed by atoms with Gasteiger partial charge in [0, 0.05) is 25.6 Å². The molecule has 7 nitrogen and oxygen atoms in total. The Morgan fingerprint density at radius 1 is 1.08 bits per heavy atom. The molecule has 0 spiro atoms. The lowest BCUT2D eigenvalue weighted by molar-refractivity contribution is -0.167. The van der Waals surface area contributed by atoms with Gasteiger partial charge in [-0.3, -0.25) is 19.7 Å². The summed E-state index contributed by atoms with van der Waals surface area (Å²) < 4.78 is 37.2. The number of thioether (sulfide) groups is 1. The predicted octanol–water partition coefficient (Wildman–Crippen LogP) is 3.06. The van der Waals surface area contributed by atoms with Crippen molar-refractivity contribution in [2.75, 3.05) is 57.8 Å². The van der Waals surface area contributed by atoms with Gasteiger partial charge in [-0.2, -0.15) is 24.9 Å². The number of benzene rings is 1. The third-order valence-electron chi connectivity index (χ3n) is 7.35. The van der Waals surface area contributed by atoms with Crippen molar-refractivity contribution in [2.24, 2.45) is 5.92 Å². The maximum Gasteiger partial charge on any atom is 0.450 e. The van der Waals surface area contributed by atoms with Gasteiger partial charge in [0.25, 0.3) is 0 Å². The summed E-state index contributed by atoms with van der Waals surface area (Å²) in [5.41, 5.74) is 1.33. The summed E-state index contributed by atoms with van der Waals surface area (Å²) >= 11 is 0.912. The fourth-order valence-corrected chi connectivity index (χ4v) is 5.84. The molecule has 38 heavy (non-hydrogen) atoms. The summed E-state index contributed by atoms with van der Waals surface area (Å²) in [5, 5.41) is 5.84. The van der Waals surface area contributed by atoms with Crippen LogP contribution in [0.15, 0.2) is 30.3 Å². The van der Waals surface area contributed by atoms with Gasteiger partial charge in [0.1, 0.15) is 0 Å². The number of ketones is 1. The summed E-state index contributed by atoms with van der Waals surface area (Å²) in [4.78, 5) is 41.3. The second kappa shape index (κ2) is 15.0. The molecule has 2 heterocycles. The molecule has 1 aromatic carbocycles. The molecule has 2 atom stereocenters. The van der Waals surface area contributed by atoms with E-state index in [0.717, 1.165) is 50.9 Å². The van der Waals surface area contributed by atoms with E-state index in [2.05, 4.69) is 32.6 Å². The normalized spacial score (nSPS) is 20.4. The number of alkyl halides is 3. The minimum atomic E-state index is -4.82. The van der Waals surface area contributed by atoms with Gasteiger partial charge in [0.05, 0.1) is 11.8 Å². The molecular weight excluding hydrogens is 517 g/mol. The third-order valence-corrected chi connectivity index (χ3v) is 8.39. The number of nitrogens with one attached hydrogen (secondary N) is 2. The fourth-order valence-electron chi connectivity index (χ4n) is 4.97. The molecule has 0 saturated carbocycles. The van der Waals surface area contributed by atoms with E-state index < -0.39 is 29.7 Å². The minimum Gasteiger partial charge on any atom is -0.306 e. The van der Waals surface area contributed by atoms with Crippen molar-refractivity contribution < 1.29 is 27.6 Å². The third kappa shape index (κ3) is 9.98. The van der Waals surface area contributed by atoms with Gasteiger partial charge >= 0.3 is 6.18 Å². The van der Waals surface area contributed by atoms with Crippen molar-refractivity contribution in [3.8, 4) is 0 Å². The van der Waals surface area contributed by atoms with Crippen LogP contribution < -0.4 is 10.6 Å². The maximum atomic E-state index is 13.0. The molecule has 2 saturated heterocycles. The molecule has 0 bridgehead atoms. The number of amides is 2. The highest BCUT2D eigenvalue weighted by atomic mass is 32.2. The first kappa shape index (κ1) is 30.6. The first-order valence-electron chi connectivity index (χ1n) is 13.3. The first-order valence-corrected chi connectivity index (χ1v) is 14.5.